The second-order valence-electron chi connectivity index (χ2n) is 8.34. The molecule has 224 valence electrons. The van der Waals surface area contributed by atoms with Crippen molar-refractivity contribution in [1.82, 2.24) is 0 Å². The highest BCUT2D eigenvalue weighted by atomic mass is 35.5. The lowest BCUT2D eigenvalue weighted by molar-refractivity contribution is -0.384. The number of nitrogens with zero attached hydrogens (tertiary/aromatic N) is 1. The summed E-state index contributed by atoms with van der Waals surface area (Å²) in [4.78, 5) is 35.7. The van der Waals surface area contributed by atoms with Crippen LogP contribution >= 0.6 is 11.6 Å². The van der Waals surface area contributed by atoms with Crippen molar-refractivity contribution in [2.45, 2.75) is 17.9 Å². The van der Waals surface area contributed by atoms with E-state index in [1.54, 1.807) is 0 Å². The highest BCUT2D eigenvalue weighted by Gasteiger charge is 2.26. The Bertz CT molecular complexity index is 1630. The van der Waals surface area contributed by atoms with Crippen LogP contribution in [0.3, 0.4) is 0 Å². The summed E-state index contributed by atoms with van der Waals surface area (Å²) >= 11 is 6.15. The predicted molar refractivity (Wildman–Crippen MR) is 152 cm³/mol. The number of halogens is 1. The monoisotopic (exact) mass is 623 g/mol. The number of hydrogen-bond acceptors (Lipinski definition) is 11. The highest BCUT2D eigenvalue weighted by Crippen LogP contribution is 2.38. The number of ether oxygens (including phenoxy) is 5. The molecule has 0 radical (unpaired) electrons. The van der Waals surface area contributed by atoms with Gasteiger partial charge in [0.15, 0.2) is 6.10 Å². The summed E-state index contributed by atoms with van der Waals surface area (Å²) in [6.07, 6.45) is -1.40. The molecule has 0 saturated carbocycles. The largest absolute Gasteiger partial charge is 0.495 e. The quantitative estimate of drug-likeness (QED) is 0.167. The number of anilines is 2. The van der Waals surface area contributed by atoms with Crippen molar-refractivity contribution in [2.75, 3.05) is 38.5 Å². The van der Waals surface area contributed by atoms with Crippen LogP contribution in [0.15, 0.2) is 53.4 Å². The van der Waals surface area contributed by atoms with Crippen LogP contribution in [0, 0.1) is 10.1 Å². The Hall–Kier alpha value is -4.76. The fourth-order valence-corrected chi connectivity index (χ4v) is 5.08. The van der Waals surface area contributed by atoms with Gasteiger partial charge in [0.25, 0.3) is 21.6 Å². The minimum absolute atomic E-state index is 0.0137. The standard InChI is InChI=1S/C26H26ClN3O11S/c1-14(25(31)28-18-11-16(30(33)34)7-9-20(18)37-2)41-26(32)15-6-8-21(38-3)24(10-15)42(35,36)29-19-12-17(27)22(39-4)13-23(19)40-5/h6-14,29H,1-5H3,(H,28,31). The lowest BCUT2D eigenvalue weighted by atomic mass is 10.2. The summed E-state index contributed by atoms with van der Waals surface area (Å²) in [6.45, 7) is 1.26. The third kappa shape index (κ3) is 7.11. The molecule has 0 heterocycles. The molecular formula is C26H26ClN3O11S. The smallest absolute Gasteiger partial charge is 0.338 e. The van der Waals surface area contributed by atoms with Crippen molar-refractivity contribution in [2.24, 2.45) is 0 Å². The van der Waals surface area contributed by atoms with Gasteiger partial charge in [-0.15, -0.1) is 0 Å². The summed E-state index contributed by atoms with van der Waals surface area (Å²) in [5.74, 6) is -1.46. The van der Waals surface area contributed by atoms with E-state index in [4.69, 9.17) is 35.3 Å². The van der Waals surface area contributed by atoms with Crippen LogP contribution in [0.5, 0.6) is 23.0 Å². The van der Waals surface area contributed by atoms with Crippen molar-refractivity contribution in [3.63, 3.8) is 0 Å². The average Bonchev–Trinajstić information content (AvgIpc) is 2.96. The minimum Gasteiger partial charge on any atom is -0.495 e. The Morgan fingerprint density at radius 1 is 0.857 bits per heavy atom. The summed E-state index contributed by atoms with van der Waals surface area (Å²) in [7, 11) is 0.863. The number of hydrogen-bond donors (Lipinski definition) is 2. The van der Waals surface area contributed by atoms with E-state index in [9.17, 15) is 28.1 Å². The zero-order valence-electron chi connectivity index (χ0n) is 22.9. The number of nitrogens with one attached hydrogen (secondary N) is 2. The van der Waals surface area contributed by atoms with E-state index in [1.807, 2.05) is 0 Å². The molecule has 0 bridgehead atoms. The molecule has 3 aromatic carbocycles. The molecule has 0 fully saturated rings. The molecular weight excluding hydrogens is 598 g/mol. The topological polar surface area (TPSA) is 182 Å². The average molecular weight is 624 g/mol. The Balaban J connectivity index is 1.85. The zero-order valence-corrected chi connectivity index (χ0v) is 24.5. The van der Waals surface area contributed by atoms with Gasteiger partial charge in [0.1, 0.15) is 27.9 Å². The molecule has 3 aromatic rings. The van der Waals surface area contributed by atoms with E-state index in [-0.39, 0.29) is 50.6 Å². The van der Waals surface area contributed by atoms with E-state index in [1.165, 1.54) is 71.8 Å². The third-order valence-electron chi connectivity index (χ3n) is 5.71. The first-order chi connectivity index (χ1) is 19.8. The van der Waals surface area contributed by atoms with Crippen LogP contribution in [0.4, 0.5) is 17.1 Å². The molecule has 1 atom stereocenters. The van der Waals surface area contributed by atoms with Gasteiger partial charge in [0.05, 0.1) is 55.3 Å². The second kappa shape index (κ2) is 13.3. The van der Waals surface area contributed by atoms with Gasteiger partial charge >= 0.3 is 5.97 Å². The molecule has 0 aliphatic heterocycles. The maximum atomic E-state index is 13.4. The van der Waals surface area contributed by atoms with Crippen LogP contribution in [0.25, 0.3) is 0 Å². The highest BCUT2D eigenvalue weighted by molar-refractivity contribution is 7.92. The van der Waals surface area contributed by atoms with E-state index in [0.29, 0.717) is 0 Å². The molecule has 3 rings (SSSR count). The zero-order chi connectivity index (χ0) is 31.2. The van der Waals surface area contributed by atoms with Crippen molar-refractivity contribution < 1.29 is 46.6 Å². The molecule has 14 nitrogen and oxygen atoms in total. The number of methoxy groups -OCH3 is 4. The number of non-ortho nitro benzene ring substituents is 1. The molecule has 0 aliphatic rings. The molecule has 0 aromatic heterocycles. The number of nitro benzene ring substituents is 1. The lowest BCUT2D eigenvalue weighted by Crippen LogP contribution is -2.30. The number of nitro groups is 1. The van der Waals surface area contributed by atoms with Crippen LogP contribution in [0.2, 0.25) is 5.02 Å². The number of carbonyl (C=O) groups is 2. The van der Waals surface area contributed by atoms with Crippen LogP contribution < -0.4 is 29.0 Å². The third-order valence-corrected chi connectivity index (χ3v) is 7.39. The summed E-state index contributed by atoms with van der Waals surface area (Å²) in [5, 5.41) is 13.6. The molecule has 1 unspecified atom stereocenters. The van der Waals surface area contributed by atoms with Gasteiger partial charge in [0.2, 0.25) is 0 Å². The van der Waals surface area contributed by atoms with Gasteiger partial charge in [-0.3, -0.25) is 19.6 Å². The maximum Gasteiger partial charge on any atom is 0.338 e. The van der Waals surface area contributed by atoms with Gasteiger partial charge in [0, 0.05) is 18.2 Å². The van der Waals surface area contributed by atoms with Gasteiger partial charge in [-0.25, -0.2) is 13.2 Å². The first-order valence-electron chi connectivity index (χ1n) is 11.8. The van der Waals surface area contributed by atoms with Gasteiger partial charge < -0.3 is 29.0 Å². The predicted octanol–water partition coefficient (Wildman–Crippen LogP) is 4.27. The number of sulfonamides is 1. The molecule has 16 heteroatoms. The SMILES string of the molecule is COc1cc(OC)c(NS(=O)(=O)c2cc(C(=O)OC(C)C(=O)Nc3cc([N+](=O)[O-])ccc3OC)ccc2OC)cc1Cl. The van der Waals surface area contributed by atoms with Crippen LogP contribution in [-0.4, -0.2) is 59.8 Å². The Morgan fingerprint density at radius 2 is 1.48 bits per heavy atom. The first-order valence-corrected chi connectivity index (χ1v) is 13.7. The van der Waals surface area contributed by atoms with Crippen molar-refractivity contribution >= 4 is 50.6 Å². The molecule has 0 aliphatic carbocycles. The fourth-order valence-electron chi connectivity index (χ4n) is 3.58. The summed E-state index contributed by atoms with van der Waals surface area (Å²) < 4.78 is 54.9. The maximum absolute atomic E-state index is 13.4. The van der Waals surface area contributed by atoms with Crippen molar-refractivity contribution in [1.29, 1.82) is 0 Å². The molecule has 1 amide bonds. The van der Waals surface area contributed by atoms with E-state index >= 15 is 0 Å². The first kappa shape index (κ1) is 31.8. The van der Waals surface area contributed by atoms with Crippen LogP contribution in [-0.2, 0) is 19.6 Å². The Morgan fingerprint density at radius 3 is 2.07 bits per heavy atom. The van der Waals surface area contributed by atoms with E-state index < -0.39 is 37.8 Å². The van der Waals surface area contributed by atoms with Crippen molar-refractivity contribution in [3.8, 4) is 23.0 Å². The van der Waals surface area contributed by atoms with Gasteiger partial charge in [-0.1, -0.05) is 11.6 Å². The molecule has 0 saturated heterocycles. The Kier molecular flexibility index (Phi) is 10.0. The van der Waals surface area contributed by atoms with E-state index in [0.717, 1.165) is 12.1 Å². The van der Waals surface area contributed by atoms with Crippen LogP contribution in [0.1, 0.15) is 17.3 Å². The second-order valence-corrected chi connectivity index (χ2v) is 10.4. The van der Waals surface area contributed by atoms with E-state index in [2.05, 4.69) is 10.0 Å². The molecule has 2 N–H and O–H groups in total. The number of esters is 1. The number of benzene rings is 3. The lowest BCUT2D eigenvalue weighted by Gasteiger charge is -2.17. The van der Waals surface area contributed by atoms with Gasteiger partial charge in [-0.05, 0) is 37.3 Å². The Labute approximate surface area is 245 Å². The van der Waals surface area contributed by atoms with Crippen molar-refractivity contribution in [3.05, 3.63) is 69.2 Å². The summed E-state index contributed by atoms with van der Waals surface area (Å²) in [6, 6.07) is 9.76. The molecule has 0 spiro atoms. The number of rotatable bonds is 12. The summed E-state index contributed by atoms with van der Waals surface area (Å²) in [5.41, 5.74) is -0.549. The van der Waals surface area contributed by atoms with Gasteiger partial charge in [-0.2, -0.15) is 0 Å². The normalized spacial score (nSPS) is 11.6. The number of carbonyl (C=O) groups excluding carboxylic acids is 2. The minimum atomic E-state index is -4.40. The number of amides is 1. The fraction of sp³-hybridized carbons (Fsp3) is 0.231. The molecule has 42 heavy (non-hydrogen) atoms.